The summed E-state index contributed by atoms with van der Waals surface area (Å²) in [5.74, 6) is 0. The van der Waals surface area contributed by atoms with Crippen molar-refractivity contribution in [1.82, 2.24) is 14.7 Å². The smallest absolute Gasteiger partial charge is 0.0900 e. The molecule has 6 heteroatoms. The average molecular weight is 321 g/mol. The maximum Gasteiger partial charge on any atom is 0.0900 e. The van der Waals surface area contributed by atoms with Crippen molar-refractivity contribution in [2.75, 3.05) is 19.7 Å². The number of ether oxygens (including phenoxy) is 1. The number of aromatic nitrogens is 2. The van der Waals surface area contributed by atoms with E-state index in [0.29, 0.717) is 25.8 Å². The summed E-state index contributed by atoms with van der Waals surface area (Å²) in [7, 11) is 1.94. The summed E-state index contributed by atoms with van der Waals surface area (Å²) in [6.45, 7) is 2.65. The van der Waals surface area contributed by atoms with E-state index in [9.17, 15) is 5.11 Å². The number of thiophene rings is 1. The predicted octanol–water partition coefficient (Wildman–Crippen LogP) is 2.20. The van der Waals surface area contributed by atoms with Gasteiger partial charge in [0.05, 0.1) is 25.5 Å². The normalized spacial score (nSPS) is 20.5. The summed E-state index contributed by atoms with van der Waals surface area (Å²) < 4.78 is 7.45. The molecule has 0 unspecified atom stereocenters. The molecule has 3 heterocycles. The molecule has 0 aliphatic carbocycles. The maximum absolute atomic E-state index is 10.2. The van der Waals surface area contributed by atoms with Crippen LogP contribution in [0.3, 0.4) is 0 Å². The van der Waals surface area contributed by atoms with Crippen LogP contribution in [0.2, 0.25) is 0 Å². The number of aryl methyl sites for hydroxylation is 1. The lowest BCUT2D eigenvalue weighted by Gasteiger charge is -2.26. The van der Waals surface area contributed by atoms with Crippen LogP contribution in [0.4, 0.5) is 0 Å². The van der Waals surface area contributed by atoms with Gasteiger partial charge in [-0.3, -0.25) is 9.58 Å². The lowest BCUT2D eigenvalue weighted by molar-refractivity contribution is 0.00848. The van der Waals surface area contributed by atoms with E-state index in [-0.39, 0.29) is 0 Å². The fourth-order valence-corrected chi connectivity index (χ4v) is 3.69. The van der Waals surface area contributed by atoms with Crippen LogP contribution in [0.5, 0.6) is 0 Å². The van der Waals surface area contributed by atoms with Gasteiger partial charge < -0.3 is 9.84 Å². The second kappa shape index (κ2) is 7.37. The van der Waals surface area contributed by atoms with Crippen LogP contribution in [0.25, 0.3) is 0 Å². The van der Waals surface area contributed by atoms with E-state index in [1.54, 1.807) is 11.3 Å². The van der Waals surface area contributed by atoms with E-state index in [2.05, 4.69) is 22.3 Å². The highest BCUT2D eigenvalue weighted by Gasteiger charge is 2.28. The molecular weight excluding hydrogens is 298 g/mol. The first-order chi connectivity index (χ1) is 10.7. The Balaban J connectivity index is 1.46. The molecule has 0 radical (unpaired) electrons. The number of β-amino-alcohol motifs (C(OH)–C–C–N with tert-alkyl or cyclic N) is 1. The quantitative estimate of drug-likeness (QED) is 0.849. The molecule has 2 aromatic heterocycles. The van der Waals surface area contributed by atoms with Gasteiger partial charge in [0.1, 0.15) is 0 Å². The Kier molecular flexibility index (Phi) is 5.25. The van der Waals surface area contributed by atoms with Crippen LogP contribution < -0.4 is 0 Å². The predicted molar refractivity (Wildman–Crippen MR) is 86.7 cm³/mol. The van der Waals surface area contributed by atoms with Gasteiger partial charge in [-0.2, -0.15) is 5.10 Å². The Morgan fingerprint density at radius 1 is 1.55 bits per heavy atom. The summed E-state index contributed by atoms with van der Waals surface area (Å²) in [6, 6.07) is 4.44. The molecule has 1 aliphatic rings. The van der Waals surface area contributed by atoms with Gasteiger partial charge in [0.15, 0.2) is 0 Å². The minimum Gasteiger partial charge on any atom is -0.389 e. The van der Waals surface area contributed by atoms with Crippen LogP contribution in [0.1, 0.15) is 29.3 Å². The molecule has 1 N–H and O–H groups in total. The second-order valence-electron chi connectivity index (χ2n) is 5.85. The van der Waals surface area contributed by atoms with E-state index >= 15 is 0 Å². The summed E-state index contributed by atoms with van der Waals surface area (Å²) in [6.07, 6.45) is 5.86. The number of hydrogen-bond acceptors (Lipinski definition) is 5. The van der Waals surface area contributed by atoms with E-state index in [1.165, 1.54) is 16.9 Å². The van der Waals surface area contributed by atoms with Gasteiger partial charge >= 0.3 is 0 Å². The monoisotopic (exact) mass is 321 g/mol. The molecule has 0 spiro atoms. The van der Waals surface area contributed by atoms with E-state index in [0.717, 1.165) is 13.0 Å². The summed E-state index contributed by atoms with van der Waals surface area (Å²) in [4.78, 5) is 3.54. The van der Waals surface area contributed by atoms with Crippen molar-refractivity contribution in [3.05, 3.63) is 40.3 Å². The first-order valence-electron chi connectivity index (χ1n) is 7.73. The van der Waals surface area contributed by atoms with Gasteiger partial charge in [0.25, 0.3) is 0 Å². The Labute approximate surface area is 135 Å². The van der Waals surface area contributed by atoms with E-state index in [4.69, 9.17) is 4.74 Å². The van der Waals surface area contributed by atoms with Crippen molar-refractivity contribution in [3.63, 3.8) is 0 Å². The first kappa shape index (κ1) is 15.7. The van der Waals surface area contributed by atoms with Crippen LogP contribution in [0.15, 0.2) is 29.9 Å². The fourth-order valence-electron chi connectivity index (χ4n) is 3.05. The molecule has 2 aromatic rings. The number of rotatable bonds is 7. The van der Waals surface area contributed by atoms with Gasteiger partial charge in [-0.05, 0) is 30.8 Å². The minimum absolute atomic E-state index is 0.376. The second-order valence-corrected chi connectivity index (χ2v) is 6.88. The Morgan fingerprint density at radius 2 is 2.45 bits per heavy atom. The summed E-state index contributed by atoms with van der Waals surface area (Å²) in [5, 5.41) is 16.5. The highest BCUT2D eigenvalue weighted by Crippen LogP contribution is 2.31. The van der Waals surface area contributed by atoms with Gasteiger partial charge in [0, 0.05) is 36.3 Å². The minimum atomic E-state index is -0.447. The van der Waals surface area contributed by atoms with Crippen molar-refractivity contribution in [1.29, 1.82) is 0 Å². The molecule has 0 amide bonds. The largest absolute Gasteiger partial charge is 0.389 e. The van der Waals surface area contributed by atoms with E-state index < -0.39 is 6.10 Å². The molecule has 22 heavy (non-hydrogen) atoms. The van der Waals surface area contributed by atoms with Crippen LogP contribution in [-0.4, -0.2) is 45.6 Å². The van der Waals surface area contributed by atoms with Gasteiger partial charge in [-0.25, -0.2) is 0 Å². The zero-order valence-electron chi connectivity index (χ0n) is 12.9. The lowest BCUT2D eigenvalue weighted by Crippen LogP contribution is -2.34. The highest BCUT2D eigenvalue weighted by atomic mass is 32.1. The van der Waals surface area contributed by atoms with Crippen LogP contribution in [0, 0.1) is 0 Å². The van der Waals surface area contributed by atoms with E-state index in [1.807, 2.05) is 29.4 Å². The molecule has 120 valence electrons. The van der Waals surface area contributed by atoms with Crippen LogP contribution >= 0.6 is 11.3 Å². The van der Waals surface area contributed by atoms with Gasteiger partial charge in [-0.1, -0.05) is 6.07 Å². The molecule has 3 rings (SSSR count). The third kappa shape index (κ3) is 3.95. The van der Waals surface area contributed by atoms with Crippen molar-refractivity contribution in [2.45, 2.75) is 31.6 Å². The molecule has 5 nitrogen and oxygen atoms in total. The third-order valence-electron chi connectivity index (χ3n) is 4.05. The Hall–Kier alpha value is -1.21. The van der Waals surface area contributed by atoms with Gasteiger partial charge in [-0.15, -0.1) is 11.3 Å². The summed E-state index contributed by atoms with van der Waals surface area (Å²) >= 11 is 1.68. The number of nitrogens with zero attached hydrogens (tertiary/aromatic N) is 3. The Morgan fingerprint density at radius 3 is 3.18 bits per heavy atom. The summed E-state index contributed by atoms with van der Waals surface area (Å²) in [5.41, 5.74) is 1.24. The topological polar surface area (TPSA) is 50.5 Å². The first-order valence-corrected chi connectivity index (χ1v) is 8.61. The average Bonchev–Trinajstić information content (AvgIpc) is 3.20. The SMILES string of the molecule is Cn1cc([C@@H]2CCCN2C[C@H](O)COCc2cccs2)cn1. The van der Waals surface area contributed by atoms with Crippen molar-refractivity contribution in [2.24, 2.45) is 7.05 Å². The molecule has 0 saturated carbocycles. The number of hydrogen-bond donors (Lipinski definition) is 1. The zero-order chi connectivity index (χ0) is 15.4. The molecule has 2 atom stereocenters. The number of aliphatic hydroxyl groups is 1. The van der Waals surface area contributed by atoms with Crippen molar-refractivity contribution >= 4 is 11.3 Å². The number of aliphatic hydroxyl groups excluding tert-OH is 1. The van der Waals surface area contributed by atoms with Crippen LogP contribution in [-0.2, 0) is 18.4 Å². The molecule has 0 bridgehead atoms. The molecule has 1 saturated heterocycles. The Bertz CT molecular complexity index is 570. The lowest BCUT2D eigenvalue weighted by atomic mass is 10.1. The molecule has 1 aliphatic heterocycles. The molecule has 1 fully saturated rings. The standard InChI is InChI=1S/C16H23N3O2S/c1-18-9-13(8-17-18)16-5-2-6-19(16)10-14(20)11-21-12-15-4-3-7-22-15/h3-4,7-9,14,16,20H,2,5-6,10-12H2,1H3/t14-,16-/m0/s1. The fraction of sp³-hybridized carbons (Fsp3) is 0.562. The van der Waals surface area contributed by atoms with Crippen molar-refractivity contribution in [3.8, 4) is 0 Å². The maximum atomic E-state index is 10.2. The zero-order valence-corrected chi connectivity index (χ0v) is 13.7. The van der Waals surface area contributed by atoms with Gasteiger partial charge in [0.2, 0.25) is 0 Å². The molecular formula is C16H23N3O2S. The highest BCUT2D eigenvalue weighted by molar-refractivity contribution is 7.09. The van der Waals surface area contributed by atoms with Crippen molar-refractivity contribution < 1.29 is 9.84 Å². The number of likely N-dealkylation sites (tertiary alicyclic amines) is 1. The third-order valence-corrected chi connectivity index (χ3v) is 4.90. The molecule has 0 aromatic carbocycles.